The Labute approximate surface area is 285 Å². The first kappa shape index (κ1) is 35.2. The molecule has 1 aromatic heterocycles. The Hall–Kier alpha value is -5.16. The van der Waals surface area contributed by atoms with Gasteiger partial charge in [0, 0.05) is 41.4 Å². The van der Waals surface area contributed by atoms with Crippen molar-refractivity contribution in [3.05, 3.63) is 88.8 Å². The molecule has 0 bridgehead atoms. The number of rotatable bonds is 7. The summed E-state index contributed by atoms with van der Waals surface area (Å²) in [5.41, 5.74) is -0.901. The van der Waals surface area contributed by atoms with Gasteiger partial charge in [0.25, 0.3) is 11.8 Å². The van der Waals surface area contributed by atoms with E-state index in [4.69, 9.17) is 16.3 Å². The van der Waals surface area contributed by atoms with Gasteiger partial charge >= 0.3 is 6.09 Å². The number of carbonyl (C=O) groups is 4. The predicted molar refractivity (Wildman–Crippen MR) is 172 cm³/mol. The van der Waals surface area contributed by atoms with Crippen LogP contribution >= 0.6 is 11.6 Å². The quantitative estimate of drug-likeness (QED) is 0.350. The molecule has 1 N–H and O–H groups in total. The second kappa shape index (κ2) is 13.8. The molecule has 5 rings (SSSR count). The van der Waals surface area contributed by atoms with Crippen LogP contribution in [0.1, 0.15) is 50.8 Å². The monoisotopic (exact) mass is 696 g/mol. The van der Waals surface area contributed by atoms with Crippen molar-refractivity contribution in [3.63, 3.8) is 0 Å². The van der Waals surface area contributed by atoms with E-state index in [9.17, 15) is 32.8 Å². The van der Waals surface area contributed by atoms with Gasteiger partial charge in [0.15, 0.2) is 0 Å². The maximum absolute atomic E-state index is 15.0. The van der Waals surface area contributed by atoms with Crippen LogP contribution in [0.4, 0.5) is 29.5 Å². The molecule has 15 heteroatoms. The zero-order valence-electron chi connectivity index (χ0n) is 26.7. The molecule has 4 amide bonds. The van der Waals surface area contributed by atoms with Crippen LogP contribution in [0.25, 0.3) is 0 Å². The van der Waals surface area contributed by atoms with E-state index >= 15 is 4.79 Å². The highest BCUT2D eigenvalue weighted by Crippen LogP contribution is 2.39. The molecular formula is C34H32ClF3N6O5. The Balaban J connectivity index is 1.66. The number of nitriles is 1. The van der Waals surface area contributed by atoms with Crippen molar-refractivity contribution in [2.45, 2.75) is 63.3 Å². The SMILES string of the molecule is CC(C)(C)OC(=O)N1CC(=O)N(c2cc(C#N)ccn2)C(C(=O)N(c2cccc(F)c2)C(C(=O)NC2CC(F)(F)C2)c2ccccc2Cl)C1. The second-order valence-electron chi connectivity index (χ2n) is 12.7. The van der Waals surface area contributed by atoms with E-state index in [0.717, 1.165) is 26.8 Å². The lowest BCUT2D eigenvalue weighted by Crippen LogP contribution is -2.65. The van der Waals surface area contributed by atoms with Crippen LogP contribution in [0.2, 0.25) is 5.02 Å². The highest BCUT2D eigenvalue weighted by atomic mass is 35.5. The third-order valence-electron chi connectivity index (χ3n) is 7.82. The fourth-order valence-electron chi connectivity index (χ4n) is 5.66. The summed E-state index contributed by atoms with van der Waals surface area (Å²) >= 11 is 6.57. The number of anilines is 2. The Morgan fingerprint density at radius 3 is 2.47 bits per heavy atom. The lowest BCUT2D eigenvalue weighted by atomic mass is 9.87. The van der Waals surface area contributed by atoms with E-state index in [1.54, 1.807) is 32.9 Å². The number of hydrogen-bond donors (Lipinski definition) is 1. The minimum atomic E-state index is -2.98. The maximum atomic E-state index is 15.0. The molecule has 0 radical (unpaired) electrons. The topological polar surface area (TPSA) is 136 Å². The van der Waals surface area contributed by atoms with Crippen molar-refractivity contribution in [1.82, 2.24) is 15.2 Å². The smallest absolute Gasteiger partial charge is 0.410 e. The van der Waals surface area contributed by atoms with E-state index < -0.39 is 85.2 Å². The predicted octanol–water partition coefficient (Wildman–Crippen LogP) is 5.39. The van der Waals surface area contributed by atoms with Gasteiger partial charge in [0.05, 0.1) is 18.2 Å². The molecule has 3 aromatic rings. The number of nitrogens with one attached hydrogen (secondary N) is 1. The number of aromatic nitrogens is 1. The van der Waals surface area contributed by atoms with Gasteiger partial charge in [0.2, 0.25) is 11.8 Å². The van der Waals surface area contributed by atoms with Crippen molar-refractivity contribution >= 4 is 46.9 Å². The molecule has 2 aromatic carbocycles. The summed E-state index contributed by atoms with van der Waals surface area (Å²) in [5, 5.41) is 12.1. The fraction of sp³-hybridized carbons (Fsp3) is 0.353. The summed E-state index contributed by atoms with van der Waals surface area (Å²) < 4.78 is 47.9. The molecule has 2 heterocycles. The van der Waals surface area contributed by atoms with E-state index in [-0.39, 0.29) is 27.7 Å². The number of hydrogen-bond acceptors (Lipinski definition) is 7. The minimum Gasteiger partial charge on any atom is -0.444 e. The van der Waals surface area contributed by atoms with Crippen LogP contribution in [0, 0.1) is 17.1 Å². The molecule has 256 valence electrons. The second-order valence-corrected chi connectivity index (χ2v) is 13.1. The molecule has 2 fully saturated rings. The van der Waals surface area contributed by atoms with E-state index in [0.29, 0.717) is 0 Å². The number of pyridine rings is 1. The van der Waals surface area contributed by atoms with Crippen molar-refractivity contribution in [2.24, 2.45) is 0 Å². The average molecular weight is 697 g/mol. The lowest BCUT2D eigenvalue weighted by Gasteiger charge is -2.43. The van der Waals surface area contributed by atoms with Gasteiger partial charge in [0.1, 0.15) is 35.9 Å². The number of piperazine rings is 1. The molecule has 1 saturated heterocycles. The molecular weight excluding hydrogens is 665 g/mol. The van der Waals surface area contributed by atoms with Gasteiger partial charge in [-0.25, -0.2) is 22.9 Å². The Bertz CT molecular complexity index is 1820. The first-order chi connectivity index (χ1) is 23.1. The van der Waals surface area contributed by atoms with Crippen LogP contribution in [0.3, 0.4) is 0 Å². The largest absolute Gasteiger partial charge is 0.444 e. The van der Waals surface area contributed by atoms with Crippen LogP contribution < -0.4 is 15.1 Å². The molecule has 1 saturated carbocycles. The third-order valence-corrected chi connectivity index (χ3v) is 8.17. The van der Waals surface area contributed by atoms with Crippen molar-refractivity contribution < 1.29 is 37.1 Å². The molecule has 1 aliphatic heterocycles. The summed E-state index contributed by atoms with van der Waals surface area (Å²) in [5.74, 6) is -6.49. The molecule has 2 atom stereocenters. The number of carbonyl (C=O) groups excluding carboxylic acids is 4. The first-order valence-corrected chi connectivity index (χ1v) is 15.6. The molecule has 1 aliphatic carbocycles. The zero-order chi connectivity index (χ0) is 35.7. The fourth-order valence-corrected chi connectivity index (χ4v) is 5.90. The number of amides is 4. The molecule has 11 nitrogen and oxygen atoms in total. The summed E-state index contributed by atoms with van der Waals surface area (Å²) in [6.45, 7) is 3.88. The van der Waals surface area contributed by atoms with Gasteiger partial charge in [-0.2, -0.15) is 5.26 Å². The molecule has 2 unspecified atom stereocenters. The summed E-state index contributed by atoms with van der Waals surface area (Å²) in [6.07, 6.45) is -0.890. The lowest BCUT2D eigenvalue weighted by molar-refractivity contribution is -0.133. The Morgan fingerprint density at radius 1 is 1.12 bits per heavy atom. The Morgan fingerprint density at radius 2 is 1.84 bits per heavy atom. The van der Waals surface area contributed by atoms with Crippen molar-refractivity contribution in [3.8, 4) is 6.07 Å². The van der Waals surface area contributed by atoms with Crippen LogP contribution in [-0.4, -0.2) is 70.4 Å². The van der Waals surface area contributed by atoms with Gasteiger partial charge in [-0.3, -0.25) is 29.1 Å². The normalized spacial score (nSPS) is 18.2. The number of ether oxygens (including phenoxy) is 1. The summed E-state index contributed by atoms with van der Waals surface area (Å²) in [6, 6.07) is 11.2. The van der Waals surface area contributed by atoms with Crippen LogP contribution in [0.15, 0.2) is 66.9 Å². The van der Waals surface area contributed by atoms with Crippen LogP contribution in [0.5, 0.6) is 0 Å². The standard InChI is InChI=1S/C34H32ClF3N6O5/c1-33(2,3)49-32(48)42-18-26(44(28(45)19-42)27-13-20(17-39)11-12-40-27)31(47)43(23-8-6-7-21(36)14-23)29(24-9-4-5-10-25(24)35)30(46)41-22-15-34(37,38)16-22/h4-14,22,26,29H,15-16,18-19H2,1-3H3,(H,41,46). The van der Waals surface area contributed by atoms with Crippen molar-refractivity contribution in [2.75, 3.05) is 22.9 Å². The van der Waals surface area contributed by atoms with Gasteiger partial charge in [-0.05, 0) is 57.2 Å². The third kappa shape index (κ3) is 7.94. The molecule has 49 heavy (non-hydrogen) atoms. The molecule has 0 spiro atoms. The van der Waals surface area contributed by atoms with Gasteiger partial charge in [-0.1, -0.05) is 35.9 Å². The van der Waals surface area contributed by atoms with E-state index in [1.807, 2.05) is 6.07 Å². The van der Waals surface area contributed by atoms with Crippen LogP contribution in [-0.2, 0) is 19.1 Å². The summed E-state index contributed by atoms with van der Waals surface area (Å²) in [4.78, 5) is 63.4. The van der Waals surface area contributed by atoms with E-state index in [1.165, 1.54) is 42.6 Å². The zero-order valence-corrected chi connectivity index (χ0v) is 27.5. The number of alkyl halides is 2. The van der Waals surface area contributed by atoms with Gasteiger partial charge in [-0.15, -0.1) is 0 Å². The maximum Gasteiger partial charge on any atom is 0.410 e. The van der Waals surface area contributed by atoms with E-state index in [2.05, 4.69) is 10.3 Å². The number of halogens is 4. The number of nitrogens with zero attached hydrogens (tertiary/aromatic N) is 5. The molecule has 2 aliphatic rings. The number of benzene rings is 2. The van der Waals surface area contributed by atoms with Crippen molar-refractivity contribution in [1.29, 1.82) is 5.26 Å². The average Bonchev–Trinajstić information content (AvgIpc) is 3.01. The highest BCUT2D eigenvalue weighted by molar-refractivity contribution is 6.31. The summed E-state index contributed by atoms with van der Waals surface area (Å²) in [7, 11) is 0. The van der Waals surface area contributed by atoms with Gasteiger partial charge < -0.3 is 10.1 Å². The minimum absolute atomic E-state index is 0.0335. The first-order valence-electron chi connectivity index (χ1n) is 15.2. The highest BCUT2D eigenvalue weighted by Gasteiger charge is 2.49. The Kier molecular flexibility index (Phi) is 9.87.